The summed E-state index contributed by atoms with van der Waals surface area (Å²) in [6, 6.07) is 12.0. The highest BCUT2D eigenvalue weighted by molar-refractivity contribution is 7.80. The molecule has 22 heavy (non-hydrogen) atoms. The molecule has 0 radical (unpaired) electrons. The molecule has 0 aromatic heterocycles. The molecule has 2 aromatic carbocycles. The van der Waals surface area contributed by atoms with Gasteiger partial charge < -0.3 is 20.1 Å². The topological polar surface area (TPSA) is 42.5 Å². The van der Waals surface area contributed by atoms with Gasteiger partial charge in [-0.2, -0.15) is 0 Å². The van der Waals surface area contributed by atoms with Gasteiger partial charge in [0.2, 0.25) is 0 Å². The lowest BCUT2D eigenvalue weighted by Crippen LogP contribution is -2.19. The van der Waals surface area contributed by atoms with Gasteiger partial charge in [0.05, 0.1) is 19.4 Å². The maximum Gasteiger partial charge on any atom is 0.175 e. The minimum atomic E-state index is -0.454. The van der Waals surface area contributed by atoms with Crippen LogP contribution in [0.4, 0.5) is 15.8 Å². The lowest BCUT2D eigenvalue weighted by Gasteiger charge is -2.14. The summed E-state index contributed by atoms with van der Waals surface area (Å²) >= 11 is 5.23. The van der Waals surface area contributed by atoms with E-state index in [0.717, 1.165) is 5.69 Å². The number of benzene rings is 2. The summed E-state index contributed by atoms with van der Waals surface area (Å²) in [4.78, 5) is 0. The molecule has 0 aliphatic heterocycles. The number of hydrogen-bond donors (Lipinski definition) is 2. The van der Waals surface area contributed by atoms with Crippen LogP contribution < -0.4 is 20.1 Å². The number of anilines is 2. The summed E-state index contributed by atoms with van der Waals surface area (Å²) in [6.45, 7) is 2.47. The number of ether oxygens (including phenoxy) is 2. The minimum absolute atomic E-state index is 0.186. The van der Waals surface area contributed by atoms with Crippen molar-refractivity contribution in [1.29, 1.82) is 0 Å². The quantitative estimate of drug-likeness (QED) is 0.814. The minimum Gasteiger partial charge on any atom is -0.494 e. The third kappa shape index (κ3) is 4.08. The summed E-state index contributed by atoms with van der Waals surface area (Å²) in [5.41, 5.74) is 1.28. The van der Waals surface area contributed by atoms with Gasteiger partial charge in [-0.15, -0.1) is 0 Å². The van der Waals surface area contributed by atoms with Crippen molar-refractivity contribution < 1.29 is 13.9 Å². The second kappa shape index (κ2) is 7.61. The molecular formula is C16H17FN2O2S. The van der Waals surface area contributed by atoms with Crippen molar-refractivity contribution in [2.45, 2.75) is 6.92 Å². The van der Waals surface area contributed by atoms with Crippen molar-refractivity contribution in [3.8, 4) is 11.5 Å². The van der Waals surface area contributed by atoms with E-state index in [2.05, 4.69) is 10.6 Å². The van der Waals surface area contributed by atoms with Gasteiger partial charge in [-0.3, -0.25) is 0 Å². The van der Waals surface area contributed by atoms with Gasteiger partial charge in [-0.25, -0.2) is 4.39 Å². The molecule has 6 heteroatoms. The molecule has 2 rings (SSSR count). The number of methoxy groups -OCH3 is 1. The predicted octanol–water partition coefficient (Wildman–Crippen LogP) is 4.04. The molecule has 2 aromatic rings. The van der Waals surface area contributed by atoms with E-state index in [4.69, 9.17) is 21.7 Å². The van der Waals surface area contributed by atoms with E-state index in [1.165, 1.54) is 19.2 Å². The van der Waals surface area contributed by atoms with E-state index in [1.807, 2.05) is 31.2 Å². The van der Waals surface area contributed by atoms with Crippen LogP contribution >= 0.6 is 12.2 Å². The van der Waals surface area contributed by atoms with Crippen LogP contribution in [0.25, 0.3) is 0 Å². The summed E-state index contributed by atoms with van der Waals surface area (Å²) in [5, 5.41) is 6.30. The van der Waals surface area contributed by atoms with Crippen molar-refractivity contribution in [1.82, 2.24) is 0 Å². The fourth-order valence-corrected chi connectivity index (χ4v) is 2.11. The highest BCUT2D eigenvalue weighted by Gasteiger charge is 2.07. The summed E-state index contributed by atoms with van der Waals surface area (Å²) < 4.78 is 24.0. The van der Waals surface area contributed by atoms with Gasteiger partial charge in [0, 0.05) is 11.8 Å². The van der Waals surface area contributed by atoms with E-state index in [0.29, 0.717) is 23.2 Å². The molecule has 0 unspecified atom stereocenters. The first-order chi connectivity index (χ1) is 10.6. The summed E-state index contributed by atoms with van der Waals surface area (Å²) in [5.74, 6) is 0.436. The average molecular weight is 320 g/mol. The first kappa shape index (κ1) is 16.0. The van der Waals surface area contributed by atoms with Gasteiger partial charge in [0.1, 0.15) is 5.75 Å². The normalized spacial score (nSPS) is 9.95. The van der Waals surface area contributed by atoms with Gasteiger partial charge in [-0.1, -0.05) is 12.1 Å². The largest absolute Gasteiger partial charge is 0.494 e. The molecule has 0 fully saturated rings. The molecule has 0 spiro atoms. The second-order valence-corrected chi connectivity index (χ2v) is 4.77. The Hall–Kier alpha value is -2.34. The molecule has 0 atom stereocenters. The van der Waals surface area contributed by atoms with Crippen LogP contribution in [-0.2, 0) is 0 Å². The van der Waals surface area contributed by atoms with Crippen LogP contribution in [0.3, 0.4) is 0 Å². The molecule has 116 valence electrons. The highest BCUT2D eigenvalue weighted by Crippen LogP contribution is 2.24. The first-order valence-electron chi connectivity index (χ1n) is 6.77. The van der Waals surface area contributed by atoms with Crippen molar-refractivity contribution in [3.63, 3.8) is 0 Å². The Morgan fingerprint density at radius 2 is 1.91 bits per heavy atom. The predicted molar refractivity (Wildman–Crippen MR) is 90.4 cm³/mol. The number of para-hydroxylation sites is 2. The van der Waals surface area contributed by atoms with E-state index < -0.39 is 5.82 Å². The Kier molecular flexibility index (Phi) is 5.55. The third-order valence-electron chi connectivity index (χ3n) is 2.84. The Morgan fingerprint density at radius 1 is 1.14 bits per heavy atom. The first-order valence-corrected chi connectivity index (χ1v) is 7.18. The molecule has 0 heterocycles. The second-order valence-electron chi connectivity index (χ2n) is 4.36. The monoisotopic (exact) mass is 320 g/mol. The van der Waals surface area contributed by atoms with Gasteiger partial charge >= 0.3 is 0 Å². The standard InChI is InChI=1S/C16H17FN2O2S/c1-3-21-15-7-5-4-6-13(15)19-16(22)18-11-8-9-14(20-2)12(17)10-11/h4-10H,3H2,1-2H3,(H2,18,19,22). The maximum atomic E-state index is 13.6. The fourth-order valence-electron chi connectivity index (χ4n) is 1.88. The Balaban J connectivity index is 2.06. The van der Waals surface area contributed by atoms with Crippen molar-refractivity contribution in [2.24, 2.45) is 0 Å². The van der Waals surface area contributed by atoms with E-state index in [9.17, 15) is 4.39 Å². The SMILES string of the molecule is CCOc1ccccc1NC(=S)Nc1ccc(OC)c(F)c1. The maximum absolute atomic E-state index is 13.6. The Morgan fingerprint density at radius 3 is 2.59 bits per heavy atom. The average Bonchev–Trinajstić information content (AvgIpc) is 2.49. The number of hydrogen-bond acceptors (Lipinski definition) is 3. The molecule has 0 amide bonds. The zero-order valence-corrected chi connectivity index (χ0v) is 13.2. The van der Waals surface area contributed by atoms with Crippen LogP contribution in [0.1, 0.15) is 6.92 Å². The number of nitrogens with one attached hydrogen (secondary N) is 2. The Labute approximate surface area is 134 Å². The molecular weight excluding hydrogens is 303 g/mol. The number of thiocarbonyl (C=S) groups is 1. The number of halogens is 1. The molecule has 0 aliphatic rings. The molecule has 0 saturated heterocycles. The van der Waals surface area contributed by atoms with Gasteiger partial charge in [0.15, 0.2) is 16.7 Å². The van der Waals surface area contributed by atoms with Crippen LogP contribution in [0, 0.1) is 5.82 Å². The third-order valence-corrected chi connectivity index (χ3v) is 3.05. The van der Waals surface area contributed by atoms with Gasteiger partial charge in [0.25, 0.3) is 0 Å². The van der Waals surface area contributed by atoms with Crippen LogP contribution in [-0.4, -0.2) is 18.8 Å². The fraction of sp³-hybridized carbons (Fsp3) is 0.188. The zero-order valence-electron chi connectivity index (χ0n) is 12.4. The van der Waals surface area contributed by atoms with Crippen molar-refractivity contribution in [3.05, 3.63) is 48.3 Å². The lowest BCUT2D eigenvalue weighted by atomic mass is 10.3. The molecule has 0 saturated carbocycles. The molecule has 4 nitrogen and oxygen atoms in total. The van der Waals surface area contributed by atoms with Gasteiger partial charge in [-0.05, 0) is 43.4 Å². The number of rotatable bonds is 5. The molecule has 2 N–H and O–H groups in total. The van der Waals surface area contributed by atoms with Crippen molar-refractivity contribution >= 4 is 28.7 Å². The van der Waals surface area contributed by atoms with Crippen molar-refractivity contribution in [2.75, 3.05) is 24.4 Å². The zero-order chi connectivity index (χ0) is 15.9. The molecule has 0 bridgehead atoms. The van der Waals surface area contributed by atoms with Crippen LogP contribution in [0.15, 0.2) is 42.5 Å². The van der Waals surface area contributed by atoms with Crippen LogP contribution in [0.5, 0.6) is 11.5 Å². The highest BCUT2D eigenvalue weighted by atomic mass is 32.1. The van der Waals surface area contributed by atoms with E-state index in [1.54, 1.807) is 6.07 Å². The summed E-state index contributed by atoms with van der Waals surface area (Å²) in [6.07, 6.45) is 0. The smallest absolute Gasteiger partial charge is 0.175 e. The lowest BCUT2D eigenvalue weighted by molar-refractivity contribution is 0.342. The van der Waals surface area contributed by atoms with E-state index >= 15 is 0 Å². The molecule has 0 aliphatic carbocycles. The van der Waals surface area contributed by atoms with Crippen LogP contribution in [0.2, 0.25) is 0 Å². The summed E-state index contributed by atoms with van der Waals surface area (Å²) in [7, 11) is 1.42. The van der Waals surface area contributed by atoms with E-state index in [-0.39, 0.29) is 5.75 Å². The Bertz CT molecular complexity index is 664.